The van der Waals surface area contributed by atoms with Gasteiger partial charge in [0.15, 0.2) is 12.6 Å². The van der Waals surface area contributed by atoms with Crippen molar-refractivity contribution in [3.63, 3.8) is 0 Å². The maximum atomic E-state index is 13.0. The number of aliphatic hydroxyl groups is 7. The van der Waals surface area contributed by atoms with Crippen molar-refractivity contribution in [1.82, 2.24) is 0 Å². The van der Waals surface area contributed by atoms with Crippen LogP contribution in [0.1, 0.15) is 200 Å². The van der Waals surface area contributed by atoms with Crippen LogP contribution in [0.5, 0.6) is 0 Å². The summed E-state index contributed by atoms with van der Waals surface area (Å²) in [6.45, 7) is 3.61. The van der Waals surface area contributed by atoms with Crippen molar-refractivity contribution in [3.8, 4) is 0 Å². The molecule has 0 bridgehead atoms. The Balaban J connectivity index is 1.70. The van der Waals surface area contributed by atoms with E-state index in [0.717, 1.165) is 57.8 Å². The highest BCUT2D eigenvalue weighted by atomic mass is 16.7. The Morgan fingerprint density at radius 2 is 0.941 bits per heavy atom. The molecule has 2 aliphatic heterocycles. The molecule has 2 heterocycles. The molecule has 7 N–H and O–H groups in total. The van der Waals surface area contributed by atoms with Crippen molar-refractivity contribution in [2.24, 2.45) is 0 Å². The number of rotatable bonds is 43. The summed E-state index contributed by atoms with van der Waals surface area (Å²) in [4.78, 5) is 13.0. The monoisotopic (exact) mass is 971 g/mol. The van der Waals surface area contributed by atoms with Gasteiger partial charge in [0.1, 0.15) is 54.9 Å². The van der Waals surface area contributed by atoms with Crippen LogP contribution >= 0.6 is 0 Å². The molecular weight excluding hydrogens is 873 g/mol. The van der Waals surface area contributed by atoms with E-state index in [-0.39, 0.29) is 25.6 Å². The normalized spacial score (nSPS) is 26.1. The van der Waals surface area contributed by atoms with Crippen molar-refractivity contribution in [3.05, 3.63) is 36.5 Å². The Morgan fingerprint density at radius 1 is 0.485 bits per heavy atom. The second kappa shape index (κ2) is 41.8. The fraction of sp³-hybridized carbons (Fsp3) is 0.870. The second-order valence-corrected chi connectivity index (χ2v) is 19.0. The van der Waals surface area contributed by atoms with E-state index in [1.807, 2.05) is 0 Å². The van der Waals surface area contributed by atoms with Gasteiger partial charge in [-0.15, -0.1) is 0 Å². The highest BCUT2D eigenvalue weighted by Gasteiger charge is 2.47. The second-order valence-electron chi connectivity index (χ2n) is 19.0. The minimum absolute atomic E-state index is 0.0573. The van der Waals surface area contributed by atoms with Crippen LogP contribution in [0.3, 0.4) is 0 Å². The lowest BCUT2D eigenvalue weighted by molar-refractivity contribution is -0.332. The van der Waals surface area contributed by atoms with E-state index in [2.05, 4.69) is 50.3 Å². The summed E-state index contributed by atoms with van der Waals surface area (Å²) in [5.74, 6) is -0.381. The fourth-order valence-electron chi connectivity index (χ4n) is 8.44. The first kappa shape index (κ1) is 62.3. The molecule has 0 spiro atoms. The highest BCUT2D eigenvalue weighted by Crippen LogP contribution is 2.26. The summed E-state index contributed by atoms with van der Waals surface area (Å²) in [6.07, 6.45) is 30.7. The van der Waals surface area contributed by atoms with Gasteiger partial charge < -0.3 is 64.2 Å². The summed E-state index contributed by atoms with van der Waals surface area (Å²) in [7, 11) is 0. The first-order chi connectivity index (χ1) is 33.1. The Labute approximate surface area is 410 Å². The quantitative estimate of drug-likeness (QED) is 0.0173. The number of aliphatic hydroxyl groups excluding tert-OH is 7. The van der Waals surface area contributed by atoms with Crippen LogP contribution in [0.15, 0.2) is 36.5 Å². The molecule has 0 amide bonds. The van der Waals surface area contributed by atoms with Crippen molar-refractivity contribution in [1.29, 1.82) is 0 Å². The van der Waals surface area contributed by atoms with Crippen molar-refractivity contribution in [2.75, 3.05) is 33.0 Å². The van der Waals surface area contributed by atoms with Crippen LogP contribution in [0.2, 0.25) is 0 Å². The van der Waals surface area contributed by atoms with Crippen LogP contribution in [-0.2, 0) is 33.2 Å². The van der Waals surface area contributed by atoms with Crippen molar-refractivity contribution in [2.45, 2.75) is 268 Å². The first-order valence-corrected chi connectivity index (χ1v) is 27.1. The summed E-state index contributed by atoms with van der Waals surface area (Å²) in [5.41, 5.74) is 0. The molecule has 11 atom stereocenters. The van der Waals surface area contributed by atoms with E-state index >= 15 is 0 Å². The topological polar surface area (TPSA) is 214 Å². The highest BCUT2D eigenvalue weighted by molar-refractivity contribution is 5.69. The first-order valence-electron chi connectivity index (χ1n) is 27.1. The van der Waals surface area contributed by atoms with Crippen LogP contribution in [0.4, 0.5) is 0 Å². The van der Waals surface area contributed by atoms with Gasteiger partial charge in [0.05, 0.1) is 26.4 Å². The number of esters is 1. The molecule has 14 heteroatoms. The van der Waals surface area contributed by atoms with Crippen molar-refractivity contribution < 1.29 is 69.0 Å². The van der Waals surface area contributed by atoms with Gasteiger partial charge in [-0.05, 0) is 64.2 Å². The molecule has 2 rings (SSSR count). The Kier molecular flexibility index (Phi) is 38.3. The van der Waals surface area contributed by atoms with Gasteiger partial charge in [0.25, 0.3) is 0 Å². The molecule has 0 saturated carbocycles. The van der Waals surface area contributed by atoms with E-state index in [1.165, 1.54) is 116 Å². The predicted molar refractivity (Wildman–Crippen MR) is 266 cm³/mol. The van der Waals surface area contributed by atoms with Gasteiger partial charge in [-0.3, -0.25) is 4.79 Å². The van der Waals surface area contributed by atoms with Crippen LogP contribution in [0.25, 0.3) is 0 Å². The molecule has 0 aliphatic carbocycles. The Bertz CT molecular complexity index is 1260. The zero-order valence-corrected chi connectivity index (χ0v) is 42.3. The van der Waals surface area contributed by atoms with Gasteiger partial charge in [-0.25, -0.2) is 0 Å². The maximum absolute atomic E-state index is 13.0. The lowest BCUT2D eigenvalue weighted by Crippen LogP contribution is -2.61. The SMILES string of the molecule is CCC/C=C\CCCCCCCCOCC(COC1OC(COC2OC(CO)C(O)C(O)C2O)C(O)C(O)C1O)OC(=O)CCCCCCCCCCCCC/C=C\C/C=C\CCCCCCC. The molecular formula is C54H98O14. The van der Waals surface area contributed by atoms with Gasteiger partial charge >= 0.3 is 5.97 Å². The molecule has 2 saturated heterocycles. The molecule has 0 aromatic carbocycles. The summed E-state index contributed by atoms with van der Waals surface area (Å²) < 4.78 is 34.3. The number of unbranched alkanes of at least 4 members (excludes halogenated alkanes) is 23. The molecule has 0 aromatic heterocycles. The summed E-state index contributed by atoms with van der Waals surface area (Å²) in [6, 6.07) is 0. The third-order valence-electron chi connectivity index (χ3n) is 12.9. The lowest BCUT2D eigenvalue weighted by Gasteiger charge is -2.42. The number of allylic oxidation sites excluding steroid dienone is 6. The molecule has 68 heavy (non-hydrogen) atoms. The Morgan fingerprint density at radius 3 is 1.49 bits per heavy atom. The van der Waals surface area contributed by atoms with E-state index in [1.54, 1.807) is 0 Å². The van der Waals surface area contributed by atoms with E-state index in [4.69, 9.17) is 28.4 Å². The molecule has 0 radical (unpaired) electrons. The third kappa shape index (κ3) is 28.9. The molecule has 11 unspecified atom stereocenters. The van der Waals surface area contributed by atoms with E-state index in [0.29, 0.717) is 13.0 Å². The van der Waals surface area contributed by atoms with Crippen LogP contribution in [0, 0.1) is 0 Å². The minimum Gasteiger partial charge on any atom is -0.457 e. The zero-order valence-electron chi connectivity index (χ0n) is 42.3. The summed E-state index contributed by atoms with van der Waals surface area (Å²) >= 11 is 0. The largest absolute Gasteiger partial charge is 0.457 e. The van der Waals surface area contributed by atoms with E-state index < -0.39 is 80.7 Å². The number of carbonyl (C=O) groups excluding carboxylic acids is 1. The Hall–Kier alpha value is -1.79. The average molecular weight is 971 g/mol. The minimum atomic E-state index is -1.71. The predicted octanol–water partition coefficient (Wildman–Crippen LogP) is 8.58. The average Bonchev–Trinajstić information content (AvgIpc) is 3.33. The zero-order chi connectivity index (χ0) is 49.5. The standard InChI is InChI=1S/C54H98O14/c1-3-5-7-9-11-13-15-16-17-18-19-20-21-22-23-24-25-26-27-29-31-33-35-37-46(56)66-43(40-63-38-36-34-32-30-28-14-12-10-8-6-4-2)41-64-53-52(62)50(60)48(58)45(68-53)42-65-54-51(61)49(59)47(57)44(39-55)67-54/h8,10,15-16,18-19,43-45,47-55,57-62H,3-7,9,11-14,17,20-42H2,1-2H3/b10-8-,16-15-,19-18-. The van der Waals surface area contributed by atoms with Crippen molar-refractivity contribution >= 4 is 5.97 Å². The van der Waals surface area contributed by atoms with Crippen LogP contribution < -0.4 is 0 Å². The van der Waals surface area contributed by atoms with Gasteiger partial charge in [0, 0.05) is 13.0 Å². The number of hydrogen-bond acceptors (Lipinski definition) is 14. The van der Waals surface area contributed by atoms with Gasteiger partial charge in [-0.1, -0.05) is 166 Å². The summed E-state index contributed by atoms with van der Waals surface area (Å²) in [5, 5.41) is 72.1. The van der Waals surface area contributed by atoms with E-state index in [9.17, 15) is 40.5 Å². The molecule has 2 fully saturated rings. The molecule has 0 aromatic rings. The molecule has 398 valence electrons. The fourth-order valence-corrected chi connectivity index (χ4v) is 8.44. The van der Waals surface area contributed by atoms with Gasteiger partial charge in [0.2, 0.25) is 0 Å². The maximum Gasteiger partial charge on any atom is 0.306 e. The number of ether oxygens (including phenoxy) is 6. The van der Waals surface area contributed by atoms with Crippen LogP contribution in [-0.4, -0.2) is 142 Å². The number of hydrogen-bond donors (Lipinski definition) is 7. The third-order valence-corrected chi connectivity index (χ3v) is 12.9. The number of carbonyl (C=O) groups is 1. The lowest BCUT2D eigenvalue weighted by atomic mass is 9.98. The molecule has 2 aliphatic rings. The smallest absolute Gasteiger partial charge is 0.306 e. The van der Waals surface area contributed by atoms with Gasteiger partial charge in [-0.2, -0.15) is 0 Å². The molecule has 14 nitrogen and oxygen atoms in total.